The van der Waals surface area contributed by atoms with Gasteiger partial charge in [-0.15, -0.1) is 0 Å². The maximum absolute atomic E-state index is 12.8. The molecule has 11 heavy (non-hydrogen) atoms. The van der Waals surface area contributed by atoms with Crippen molar-refractivity contribution in [2.75, 3.05) is 20.1 Å². The molecule has 2 rings (SSSR count). The van der Waals surface area contributed by atoms with Crippen LogP contribution in [0.15, 0.2) is 23.0 Å². The Morgan fingerprint density at radius 1 is 1.36 bits per heavy atom. The van der Waals surface area contributed by atoms with Gasteiger partial charge in [-0.1, -0.05) is 5.57 Å². The van der Waals surface area contributed by atoms with Crippen molar-refractivity contribution in [3.8, 4) is 0 Å². The number of rotatable bonds is 0. The van der Waals surface area contributed by atoms with E-state index in [1.54, 1.807) is 6.08 Å². The molecule has 1 aliphatic carbocycles. The lowest BCUT2D eigenvalue weighted by atomic mass is 10.00. The zero-order valence-electron chi connectivity index (χ0n) is 6.73. The van der Waals surface area contributed by atoms with E-state index in [0.717, 1.165) is 19.5 Å². The molecule has 1 aliphatic heterocycles. The first-order valence-corrected chi connectivity index (χ1v) is 4.01. The van der Waals surface area contributed by atoms with E-state index in [4.69, 9.17) is 0 Å². The van der Waals surface area contributed by atoms with Gasteiger partial charge < -0.3 is 0 Å². The first-order valence-electron chi connectivity index (χ1n) is 4.01. The number of hydrogen-bond donors (Lipinski definition) is 0. The van der Waals surface area contributed by atoms with Crippen LogP contribution in [-0.4, -0.2) is 25.0 Å². The van der Waals surface area contributed by atoms with Crippen molar-refractivity contribution in [2.45, 2.75) is 12.8 Å². The molecule has 0 atom stereocenters. The molecule has 60 valence electrons. The van der Waals surface area contributed by atoms with Crippen LogP contribution in [0.5, 0.6) is 0 Å². The van der Waals surface area contributed by atoms with Crippen LogP contribution in [0.2, 0.25) is 0 Å². The smallest absolute Gasteiger partial charge is 0.101 e. The van der Waals surface area contributed by atoms with Gasteiger partial charge in [-0.25, -0.2) is 4.39 Å². The van der Waals surface area contributed by atoms with E-state index < -0.39 is 0 Å². The predicted molar refractivity (Wildman–Crippen MR) is 42.9 cm³/mol. The number of allylic oxidation sites excluding steroid dienone is 1. The molecule has 1 heterocycles. The van der Waals surface area contributed by atoms with Crippen LogP contribution in [-0.2, 0) is 0 Å². The maximum atomic E-state index is 12.8. The molecule has 2 heteroatoms. The van der Waals surface area contributed by atoms with Crippen LogP contribution in [0.4, 0.5) is 4.39 Å². The third-order valence-corrected chi connectivity index (χ3v) is 2.35. The van der Waals surface area contributed by atoms with Crippen LogP contribution in [0.1, 0.15) is 12.8 Å². The van der Waals surface area contributed by atoms with Crippen molar-refractivity contribution in [2.24, 2.45) is 0 Å². The molecule has 2 aliphatic rings. The van der Waals surface area contributed by atoms with E-state index >= 15 is 0 Å². The van der Waals surface area contributed by atoms with Crippen molar-refractivity contribution in [1.82, 2.24) is 4.90 Å². The van der Waals surface area contributed by atoms with Gasteiger partial charge >= 0.3 is 0 Å². The van der Waals surface area contributed by atoms with Crippen molar-refractivity contribution in [3.05, 3.63) is 23.0 Å². The van der Waals surface area contributed by atoms with E-state index in [1.165, 1.54) is 11.1 Å². The highest BCUT2D eigenvalue weighted by molar-refractivity contribution is 5.36. The molecule has 0 spiro atoms. The minimum Gasteiger partial charge on any atom is -0.298 e. The van der Waals surface area contributed by atoms with Crippen molar-refractivity contribution >= 4 is 0 Å². The highest BCUT2D eigenvalue weighted by Crippen LogP contribution is 2.29. The Balaban J connectivity index is 2.23. The van der Waals surface area contributed by atoms with E-state index in [-0.39, 0.29) is 5.83 Å². The molecule has 0 saturated carbocycles. The minimum absolute atomic E-state index is 0.0547. The molecule has 1 nitrogen and oxygen atoms in total. The number of hydrogen-bond acceptors (Lipinski definition) is 1. The monoisotopic (exact) mass is 153 g/mol. The van der Waals surface area contributed by atoms with Crippen molar-refractivity contribution < 1.29 is 4.39 Å². The normalized spacial score (nSPS) is 25.5. The second kappa shape index (κ2) is 2.45. The summed E-state index contributed by atoms with van der Waals surface area (Å²) in [5, 5.41) is 0. The molecular formula is C9H12FN. The second-order valence-corrected chi connectivity index (χ2v) is 3.39. The molecule has 0 aromatic heterocycles. The highest BCUT2D eigenvalue weighted by Gasteiger charge is 2.20. The summed E-state index contributed by atoms with van der Waals surface area (Å²) in [7, 11) is 2.07. The fourth-order valence-electron chi connectivity index (χ4n) is 1.80. The Hall–Kier alpha value is -0.630. The molecular weight excluding hydrogens is 141 g/mol. The van der Waals surface area contributed by atoms with E-state index in [9.17, 15) is 4.39 Å². The van der Waals surface area contributed by atoms with Gasteiger partial charge in [0, 0.05) is 19.5 Å². The molecule has 0 unspecified atom stereocenters. The largest absolute Gasteiger partial charge is 0.298 e. The maximum Gasteiger partial charge on any atom is 0.101 e. The summed E-state index contributed by atoms with van der Waals surface area (Å²) in [5.41, 5.74) is 2.66. The van der Waals surface area contributed by atoms with Crippen LogP contribution in [0, 0.1) is 0 Å². The van der Waals surface area contributed by atoms with Crippen LogP contribution in [0.25, 0.3) is 0 Å². The van der Waals surface area contributed by atoms with Gasteiger partial charge in [0.1, 0.15) is 5.83 Å². The topological polar surface area (TPSA) is 3.24 Å². The molecule has 0 saturated heterocycles. The van der Waals surface area contributed by atoms with Crippen LogP contribution >= 0.6 is 0 Å². The summed E-state index contributed by atoms with van der Waals surface area (Å²) in [6.07, 6.45) is 3.26. The fraction of sp³-hybridized carbons (Fsp3) is 0.556. The number of likely N-dealkylation sites (N-methyl/N-ethyl adjacent to an activating group) is 1. The molecule has 0 N–H and O–H groups in total. The lowest BCUT2D eigenvalue weighted by Crippen LogP contribution is -2.14. The average Bonchev–Trinajstić information content (AvgIpc) is 2.27. The zero-order valence-corrected chi connectivity index (χ0v) is 6.73. The average molecular weight is 153 g/mol. The SMILES string of the molecule is CN1CC2=C(CCC(F)=C2)C1. The lowest BCUT2D eigenvalue weighted by Gasteiger charge is -2.07. The van der Waals surface area contributed by atoms with Gasteiger partial charge in [-0.2, -0.15) is 0 Å². The van der Waals surface area contributed by atoms with E-state index in [0.29, 0.717) is 6.42 Å². The van der Waals surface area contributed by atoms with Gasteiger partial charge in [0.25, 0.3) is 0 Å². The summed E-state index contributed by atoms with van der Waals surface area (Å²) in [6, 6.07) is 0. The lowest BCUT2D eigenvalue weighted by molar-refractivity contribution is 0.424. The van der Waals surface area contributed by atoms with Crippen molar-refractivity contribution in [1.29, 1.82) is 0 Å². The fourth-order valence-corrected chi connectivity index (χ4v) is 1.80. The van der Waals surface area contributed by atoms with E-state index in [1.807, 2.05) is 0 Å². The third kappa shape index (κ3) is 1.23. The summed E-state index contributed by atoms with van der Waals surface area (Å²) >= 11 is 0. The summed E-state index contributed by atoms with van der Waals surface area (Å²) in [6.45, 7) is 1.97. The Bertz CT molecular complexity index is 240. The standard InChI is InChI=1S/C9H12FN/c1-11-5-7-2-3-9(10)4-8(7)6-11/h4H,2-3,5-6H2,1H3. The van der Waals surface area contributed by atoms with Crippen molar-refractivity contribution in [3.63, 3.8) is 0 Å². The van der Waals surface area contributed by atoms with Gasteiger partial charge in [0.2, 0.25) is 0 Å². The molecule has 0 fully saturated rings. The minimum atomic E-state index is 0.0547. The Morgan fingerprint density at radius 3 is 3.00 bits per heavy atom. The summed E-state index contributed by atoms with van der Waals surface area (Å²) in [4.78, 5) is 2.22. The number of nitrogens with zero attached hydrogens (tertiary/aromatic N) is 1. The number of halogens is 1. The zero-order chi connectivity index (χ0) is 7.84. The quantitative estimate of drug-likeness (QED) is 0.513. The molecule has 0 radical (unpaired) electrons. The highest BCUT2D eigenvalue weighted by atomic mass is 19.1. The Labute approximate surface area is 66.2 Å². The van der Waals surface area contributed by atoms with Gasteiger partial charge in [0.05, 0.1) is 0 Å². The van der Waals surface area contributed by atoms with Gasteiger partial charge in [-0.3, -0.25) is 4.90 Å². The van der Waals surface area contributed by atoms with Gasteiger partial charge in [0.15, 0.2) is 0 Å². The van der Waals surface area contributed by atoms with Crippen LogP contribution in [0.3, 0.4) is 0 Å². The first kappa shape index (κ1) is 7.04. The molecule has 0 aromatic carbocycles. The third-order valence-electron chi connectivity index (χ3n) is 2.35. The first-order chi connectivity index (χ1) is 5.25. The van der Waals surface area contributed by atoms with Gasteiger partial charge in [-0.05, 0) is 25.1 Å². The molecule has 0 bridgehead atoms. The molecule has 0 aromatic rings. The summed E-state index contributed by atoms with van der Waals surface area (Å²) < 4.78 is 12.8. The van der Waals surface area contributed by atoms with Crippen LogP contribution < -0.4 is 0 Å². The second-order valence-electron chi connectivity index (χ2n) is 3.39. The Morgan fingerprint density at radius 2 is 2.18 bits per heavy atom. The van der Waals surface area contributed by atoms with E-state index in [2.05, 4.69) is 11.9 Å². The Kier molecular flexibility index (Phi) is 1.57. The predicted octanol–water partition coefficient (Wildman–Crippen LogP) is 1.88. The molecule has 0 amide bonds. The summed E-state index contributed by atoms with van der Waals surface area (Å²) in [5.74, 6) is 0.0547.